The summed E-state index contributed by atoms with van der Waals surface area (Å²) >= 11 is 0. The molecule has 5 heteroatoms. The van der Waals surface area contributed by atoms with E-state index in [0.717, 1.165) is 5.56 Å². The summed E-state index contributed by atoms with van der Waals surface area (Å²) in [5.74, 6) is 0.444. The Morgan fingerprint density at radius 3 is 2.52 bits per heavy atom. The number of hydrogen-bond donors (Lipinski definition) is 1. The molecule has 21 heavy (non-hydrogen) atoms. The number of rotatable bonds is 6. The van der Waals surface area contributed by atoms with E-state index in [-0.39, 0.29) is 24.3 Å². The van der Waals surface area contributed by atoms with Crippen molar-refractivity contribution in [2.45, 2.75) is 40.2 Å². The van der Waals surface area contributed by atoms with Crippen LogP contribution in [0.4, 0.5) is 5.69 Å². The number of aryl methyl sites for hydroxylation is 1. The highest BCUT2D eigenvalue weighted by molar-refractivity contribution is 5.94. The first-order valence-corrected chi connectivity index (χ1v) is 7.07. The molecule has 0 aromatic heterocycles. The van der Waals surface area contributed by atoms with E-state index < -0.39 is 0 Å². The van der Waals surface area contributed by atoms with Crippen LogP contribution in [-0.2, 0) is 9.59 Å². The lowest BCUT2D eigenvalue weighted by atomic mass is 10.1. The number of carbonyl (C=O) groups is 2. The van der Waals surface area contributed by atoms with Gasteiger partial charge in [0.25, 0.3) is 0 Å². The van der Waals surface area contributed by atoms with Crippen molar-refractivity contribution in [1.29, 1.82) is 0 Å². The van der Waals surface area contributed by atoms with Gasteiger partial charge in [-0.1, -0.05) is 6.07 Å². The zero-order valence-corrected chi connectivity index (χ0v) is 13.4. The Morgan fingerprint density at radius 2 is 2.00 bits per heavy atom. The quantitative estimate of drug-likeness (QED) is 0.875. The molecule has 5 nitrogen and oxygen atoms in total. The monoisotopic (exact) mass is 292 g/mol. The first-order valence-electron chi connectivity index (χ1n) is 7.07. The van der Waals surface area contributed by atoms with Gasteiger partial charge in [0.2, 0.25) is 11.8 Å². The molecule has 0 unspecified atom stereocenters. The van der Waals surface area contributed by atoms with Gasteiger partial charge in [-0.25, -0.2) is 0 Å². The second kappa shape index (κ2) is 7.67. The molecule has 0 saturated heterocycles. The van der Waals surface area contributed by atoms with E-state index in [4.69, 9.17) is 4.74 Å². The average Bonchev–Trinajstić information content (AvgIpc) is 2.38. The number of methoxy groups -OCH3 is 1. The van der Waals surface area contributed by atoms with Gasteiger partial charge in [-0.15, -0.1) is 0 Å². The van der Waals surface area contributed by atoms with Crippen LogP contribution in [0.3, 0.4) is 0 Å². The summed E-state index contributed by atoms with van der Waals surface area (Å²) in [6.07, 6.45) is 0.259. The maximum atomic E-state index is 11.9. The SMILES string of the molecule is COc1ccc(C)cc1N(CCC(=O)NC(C)C)C(C)=O. The molecule has 2 amide bonds. The molecular weight excluding hydrogens is 268 g/mol. The third kappa shape index (κ3) is 5.10. The lowest BCUT2D eigenvalue weighted by Gasteiger charge is -2.23. The van der Waals surface area contributed by atoms with Crippen molar-refractivity contribution in [3.05, 3.63) is 23.8 Å². The maximum Gasteiger partial charge on any atom is 0.223 e. The molecule has 0 aliphatic carbocycles. The molecular formula is C16H24N2O3. The van der Waals surface area contributed by atoms with Crippen molar-refractivity contribution < 1.29 is 14.3 Å². The van der Waals surface area contributed by atoms with Crippen LogP contribution >= 0.6 is 0 Å². The number of benzene rings is 1. The van der Waals surface area contributed by atoms with Crippen molar-refractivity contribution in [3.63, 3.8) is 0 Å². The van der Waals surface area contributed by atoms with Crippen LogP contribution in [0, 0.1) is 6.92 Å². The highest BCUT2D eigenvalue weighted by atomic mass is 16.5. The van der Waals surface area contributed by atoms with Crippen LogP contribution in [0.15, 0.2) is 18.2 Å². The highest BCUT2D eigenvalue weighted by Gasteiger charge is 2.17. The number of ether oxygens (including phenoxy) is 1. The second-order valence-corrected chi connectivity index (χ2v) is 5.32. The molecule has 0 fully saturated rings. The van der Waals surface area contributed by atoms with Gasteiger partial charge >= 0.3 is 0 Å². The molecule has 0 saturated carbocycles. The van der Waals surface area contributed by atoms with Gasteiger partial charge in [0, 0.05) is 25.9 Å². The van der Waals surface area contributed by atoms with E-state index in [2.05, 4.69) is 5.32 Å². The Morgan fingerprint density at radius 1 is 1.33 bits per heavy atom. The molecule has 0 atom stereocenters. The fourth-order valence-corrected chi connectivity index (χ4v) is 2.07. The van der Waals surface area contributed by atoms with Crippen LogP contribution in [0.5, 0.6) is 5.75 Å². The summed E-state index contributed by atoms with van der Waals surface area (Å²) in [7, 11) is 1.57. The summed E-state index contributed by atoms with van der Waals surface area (Å²) in [5.41, 5.74) is 1.73. The van der Waals surface area contributed by atoms with Crippen molar-refractivity contribution in [2.24, 2.45) is 0 Å². The molecule has 1 aromatic rings. The molecule has 0 radical (unpaired) electrons. The zero-order chi connectivity index (χ0) is 16.0. The molecule has 1 rings (SSSR count). The van der Waals surface area contributed by atoms with E-state index in [9.17, 15) is 9.59 Å². The van der Waals surface area contributed by atoms with Gasteiger partial charge in [0.05, 0.1) is 12.8 Å². The number of hydrogen-bond acceptors (Lipinski definition) is 3. The predicted molar refractivity (Wildman–Crippen MR) is 83.7 cm³/mol. The number of carbonyl (C=O) groups excluding carboxylic acids is 2. The van der Waals surface area contributed by atoms with Crippen molar-refractivity contribution >= 4 is 17.5 Å². The summed E-state index contributed by atoms with van der Waals surface area (Å²) in [6, 6.07) is 5.73. The summed E-state index contributed by atoms with van der Waals surface area (Å²) in [4.78, 5) is 25.2. The van der Waals surface area contributed by atoms with Gasteiger partial charge in [-0.05, 0) is 38.5 Å². The summed E-state index contributed by atoms with van der Waals surface area (Å²) < 4.78 is 5.31. The first-order chi connectivity index (χ1) is 9.85. The smallest absolute Gasteiger partial charge is 0.223 e. The summed E-state index contributed by atoms with van der Waals surface area (Å²) in [5, 5.41) is 2.82. The lowest BCUT2D eigenvalue weighted by Crippen LogP contribution is -2.36. The van der Waals surface area contributed by atoms with Gasteiger partial charge in [0.15, 0.2) is 0 Å². The van der Waals surface area contributed by atoms with Gasteiger partial charge in [-0.3, -0.25) is 9.59 Å². The number of anilines is 1. The Balaban J connectivity index is 2.90. The minimum Gasteiger partial charge on any atom is -0.495 e. The third-order valence-electron chi connectivity index (χ3n) is 3.02. The largest absolute Gasteiger partial charge is 0.495 e. The van der Waals surface area contributed by atoms with Crippen LogP contribution in [0.2, 0.25) is 0 Å². The Bertz CT molecular complexity index is 512. The van der Waals surface area contributed by atoms with Crippen molar-refractivity contribution in [3.8, 4) is 5.75 Å². The van der Waals surface area contributed by atoms with Crippen LogP contribution in [0.1, 0.15) is 32.8 Å². The zero-order valence-electron chi connectivity index (χ0n) is 13.4. The van der Waals surface area contributed by atoms with E-state index in [1.807, 2.05) is 39.0 Å². The minimum atomic E-state index is -0.115. The van der Waals surface area contributed by atoms with E-state index in [0.29, 0.717) is 18.0 Å². The fraction of sp³-hybridized carbons (Fsp3) is 0.500. The van der Waals surface area contributed by atoms with Gasteiger partial charge in [0.1, 0.15) is 5.75 Å². The first kappa shape index (κ1) is 17.0. The van der Waals surface area contributed by atoms with E-state index >= 15 is 0 Å². The second-order valence-electron chi connectivity index (χ2n) is 5.32. The maximum absolute atomic E-state index is 11.9. The van der Waals surface area contributed by atoms with Crippen LogP contribution in [0.25, 0.3) is 0 Å². The molecule has 0 spiro atoms. The molecule has 0 bridgehead atoms. The molecule has 0 heterocycles. The Hall–Kier alpha value is -2.04. The van der Waals surface area contributed by atoms with E-state index in [1.54, 1.807) is 12.0 Å². The number of nitrogens with zero attached hydrogens (tertiary/aromatic N) is 1. The normalized spacial score (nSPS) is 10.4. The summed E-state index contributed by atoms with van der Waals surface area (Å²) in [6.45, 7) is 7.58. The van der Waals surface area contributed by atoms with Crippen molar-refractivity contribution in [2.75, 3.05) is 18.6 Å². The predicted octanol–water partition coefficient (Wildman–Crippen LogP) is 2.27. The minimum absolute atomic E-state index is 0.0668. The molecule has 0 aliphatic heterocycles. The van der Waals surface area contributed by atoms with E-state index in [1.165, 1.54) is 6.92 Å². The standard InChI is InChI=1S/C16H24N2O3/c1-11(2)17-16(20)8-9-18(13(4)19)14-10-12(3)6-7-15(14)21-5/h6-7,10-11H,8-9H2,1-5H3,(H,17,20). The fourth-order valence-electron chi connectivity index (χ4n) is 2.07. The third-order valence-corrected chi connectivity index (χ3v) is 3.02. The van der Waals surface area contributed by atoms with Gasteiger partial charge < -0.3 is 15.0 Å². The highest BCUT2D eigenvalue weighted by Crippen LogP contribution is 2.29. The Kier molecular flexibility index (Phi) is 6.21. The van der Waals surface area contributed by atoms with Crippen LogP contribution < -0.4 is 15.0 Å². The van der Waals surface area contributed by atoms with Crippen molar-refractivity contribution in [1.82, 2.24) is 5.32 Å². The van der Waals surface area contributed by atoms with Crippen LogP contribution in [-0.4, -0.2) is 31.5 Å². The Labute approximate surface area is 126 Å². The lowest BCUT2D eigenvalue weighted by molar-refractivity contribution is -0.121. The topological polar surface area (TPSA) is 58.6 Å². The molecule has 116 valence electrons. The number of amides is 2. The molecule has 0 aliphatic rings. The molecule has 1 N–H and O–H groups in total. The number of nitrogens with one attached hydrogen (secondary N) is 1. The van der Waals surface area contributed by atoms with Gasteiger partial charge in [-0.2, -0.15) is 0 Å². The molecule has 1 aromatic carbocycles. The average molecular weight is 292 g/mol.